The standard InChI is InChI=1S/C40H27NSe/c1-4-12-28(13-5-1)31-24-32(29-14-6-2-7-15-29)26-35(25-31)41(33-16-8-3-9-17-33)34-22-20-30-21-23-37-36-18-10-11-19-39(36)42-40(37)38(30)27-34/h1-27H. The normalized spacial score (nSPS) is 11.3. The molecule has 0 N–H and O–H groups in total. The number of anilines is 3. The van der Waals surface area contributed by atoms with Crippen molar-refractivity contribution in [1.82, 2.24) is 0 Å². The van der Waals surface area contributed by atoms with Crippen LogP contribution in [0.15, 0.2) is 164 Å². The van der Waals surface area contributed by atoms with E-state index in [0.717, 1.165) is 17.1 Å². The summed E-state index contributed by atoms with van der Waals surface area (Å²) in [7, 11) is 0. The van der Waals surface area contributed by atoms with Crippen molar-refractivity contribution in [2.75, 3.05) is 4.90 Å². The fourth-order valence-electron chi connectivity index (χ4n) is 5.99. The third-order valence-electron chi connectivity index (χ3n) is 8.01. The zero-order valence-electron chi connectivity index (χ0n) is 22.9. The molecular weight excluding hydrogens is 573 g/mol. The summed E-state index contributed by atoms with van der Waals surface area (Å²) < 4.78 is 2.96. The molecule has 1 aromatic heterocycles. The molecule has 1 nitrogen and oxygen atoms in total. The van der Waals surface area contributed by atoms with Crippen LogP contribution in [0.4, 0.5) is 17.1 Å². The second-order valence-electron chi connectivity index (χ2n) is 10.6. The van der Waals surface area contributed by atoms with Gasteiger partial charge in [0.25, 0.3) is 0 Å². The second kappa shape index (κ2) is 10.5. The first-order chi connectivity index (χ1) is 20.8. The van der Waals surface area contributed by atoms with Gasteiger partial charge in [-0.05, 0) is 0 Å². The van der Waals surface area contributed by atoms with Gasteiger partial charge in [-0.1, -0.05) is 0 Å². The molecule has 8 aromatic rings. The van der Waals surface area contributed by atoms with Crippen LogP contribution in [0.25, 0.3) is 52.3 Å². The van der Waals surface area contributed by atoms with Gasteiger partial charge >= 0.3 is 253 Å². The second-order valence-corrected chi connectivity index (χ2v) is 12.8. The molecule has 0 fully saturated rings. The molecule has 42 heavy (non-hydrogen) atoms. The van der Waals surface area contributed by atoms with Crippen LogP contribution in [0, 0.1) is 0 Å². The molecule has 198 valence electrons. The van der Waals surface area contributed by atoms with Crippen LogP contribution in [0.3, 0.4) is 0 Å². The molecule has 0 aliphatic rings. The van der Waals surface area contributed by atoms with Crippen LogP contribution < -0.4 is 4.90 Å². The van der Waals surface area contributed by atoms with Gasteiger partial charge in [0.05, 0.1) is 0 Å². The fourth-order valence-corrected chi connectivity index (χ4v) is 8.57. The van der Waals surface area contributed by atoms with Gasteiger partial charge in [0.1, 0.15) is 0 Å². The number of rotatable bonds is 5. The van der Waals surface area contributed by atoms with Crippen molar-refractivity contribution in [2.24, 2.45) is 0 Å². The number of para-hydroxylation sites is 1. The Morgan fingerprint density at radius 2 is 0.952 bits per heavy atom. The number of fused-ring (bicyclic) bond motifs is 5. The number of nitrogens with zero attached hydrogens (tertiary/aromatic N) is 1. The quantitative estimate of drug-likeness (QED) is 0.178. The summed E-state index contributed by atoms with van der Waals surface area (Å²) in [5, 5.41) is 5.43. The first-order valence-corrected chi connectivity index (χ1v) is 16.0. The van der Waals surface area contributed by atoms with Gasteiger partial charge in [0.15, 0.2) is 0 Å². The first kappa shape index (κ1) is 24.9. The minimum atomic E-state index is 0.287. The third kappa shape index (κ3) is 4.43. The molecule has 8 rings (SSSR count). The Morgan fingerprint density at radius 3 is 1.64 bits per heavy atom. The molecule has 1 heterocycles. The Balaban J connectivity index is 1.38. The SMILES string of the molecule is c1ccc(-c2cc(-c3ccccc3)cc(N(c3ccccc3)c3ccc4ccc5c6ccccc6[se]c5c4c3)c2)cc1. The maximum absolute atomic E-state index is 2.41. The van der Waals surface area contributed by atoms with E-state index in [1.807, 2.05) is 0 Å². The molecule has 2 heteroatoms. The number of hydrogen-bond acceptors (Lipinski definition) is 1. The maximum atomic E-state index is 2.41. The van der Waals surface area contributed by atoms with Gasteiger partial charge in [-0.3, -0.25) is 0 Å². The Bertz CT molecular complexity index is 2120. The van der Waals surface area contributed by atoms with Crippen LogP contribution in [0.5, 0.6) is 0 Å². The van der Waals surface area contributed by atoms with E-state index in [1.54, 1.807) is 0 Å². The Morgan fingerprint density at radius 1 is 0.357 bits per heavy atom. The van der Waals surface area contributed by atoms with Gasteiger partial charge in [0, 0.05) is 0 Å². The number of hydrogen-bond donors (Lipinski definition) is 0. The monoisotopic (exact) mass is 601 g/mol. The van der Waals surface area contributed by atoms with Crippen LogP contribution in [0.1, 0.15) is 0 Å². The molecule has 0 aliphatic carbocycles. The van der Waals surface area contributed by atoms with E-state index in [9.17, 15) is 0 Å². The van der Waals surface area contributed by atoms with E-state index in [1.165, 1.54) is 52.3 Å². The summed E-state index contributed by atoms with van der Waals surface area (Å²) in [5.41, 5.74) is 8.27. The predicted molar refractivity (Wildman–Crippen MR) is 181 cm³/mol. The first-order valence-electron chi connectivity index (χ1n) is 14.3. The Kier molecular flexibility index (Phi) is 6.22. The zero-order chi connectivity index (χ0) is 27.9. The van der Waals surface area contributed by atoms with E-state index in [2.05, 4.69) is 169 Å². The van der Waals surface area contributed by atoms with E-state index in [0.29, 0.717) is 0 Å². The van der Waals surface area contributed by atoms with E-state index in [4.69, 9.17) is 0 Å². The third-order valence-corrected chi connectivity index (χ3v) is 10.6. The minimum absolute atomic E-state index is 0.287. The Hall–Kier alpha value is -4.88. The van der Waals surface area contributed by atoms with E-state index < -0.39 is 0 Å². The van der Waals surface area contributed by atoms with Crippen molar-refractivity contribution in [3.05, 3.63) is 164 Å². The van der Waals surface area contributed by atoms with Crippen molar-refractivity contribution in [1.29, 1.82) is 0 Å². The van der Waals surface area contributed by atoms with Crippen LogP contribution in [-0.4, -0.2) is 14.5 Å². The molecule has 7 aromatic carbocycles. The molecule has 0 atom stereocenters. The molecule has 0 saturated heterocycles. The van der Waals surface area contributed by atoms with Gasteiger partial charge in [0.2, 0.25) is 0 Å². The molecular formula is C40H27NSe. The fraction of sp³-hybridized carbons (Fsp3) is 0. The van der Waals surface area contributed by atoms with Crippen molar-refractivity contribution in [3.63, 3.8) is 0 Å². The van der Waals surface area contributed by atoms with Gasteiger partial charge < -0.3 is 0 Å². The summed E-state index contributed by atoms with van der Waals surface area (Å²) in [5.74, 6) is 0. The van der Waals surface area contributed by atoms with Crippen molar-refractivity contribution < 1.29 is 0 Å². The van der Waals surface area contributed by atoms with Crippen molar-refractivity contribution >= 4 is 61.6 Å². The van der Waals surface area contributed by atoms with Gasteiger partial charge in [-0.2, -0.15) is 0 Å². The van der Waals surface area contributed by atoms with Crippen LogP contribution in [-0.2, 0) is 0 Å². The average molecular weight is 601 g/mol. The Labute approximate surface area is 251 Å². The molecule has 0 bridgehead atoms. The average Bonchev–Trinajstić information content (AvgIpc) is 3.45. The summed E-state index contributed by atoms with van der Waals surface area (Å²) in [6.45, 7) is 0. The van der Waals surface area contributed by atoms with Crippen LogP contribution >= 0.6 is 0 Å². The predicted octanol–water partition coefficient (Wildman–Crippen LogP) is 11.0. The zero-order valence-corrected chi connectivity index (χ0v) is 24.7. The summed E-state index contributed by atoms with van der Waals surface area (Å²) in [4.78, 5) is 2.41. The summed E-state index contributed by atoms with van der Waals surface area (Å²) in [6, 6.07) is 59.6. The van der Waals surface area contributed by atoms with Gasteiger partial charge in [-0.25, -0.2) is 0 Å². The molecule has 0 spiro atoms. The van der Waals surface area contributed by atoms with Crippen molar-refractivity contribution in [3.8, 4) is 22.3 Å². The van der Waals surface area contributed by atoms with Crippen molar-refractivity contribution in [2.45, 2.75) is 0 Å². The number of benzene rings is 7. The molecule has 0 unspecified atom stereocenters. The molecule has 0 aliphatic heterocycles. The van der Waals surface area contributed by atoms with Gasteiger partial charge in [-0.15, -0.1) is 0 Å². The molecule has 0 saturated carbocycles. The topological polar surface area (TPSA) is 3.24 Å². The summed E-state index contributed by atoms with van der Waals surface area (Å²) in [6.07, 6.45) is 0. The van der Waals surface area contributed by atoms with Crippen LogP contribution in [0.2, 0.25) is 0 Å². The van der Waals surface area contributed by atoms with E-state index in [-0.39, 0.29) is 14.5 Å². The molecule has 0 radical (unpaired) electrons. The molecule has 0 amide bonds. The van der Waals surface area contributed by atoms with E-state index >= 15 is 0 Å². The summed E-state index contributed by atoms with van der Waals surface area (Å²) >= 11 is 0.287.